The van der Waals surface area contributed by atoms with Gasteiger partial charge in [-0.1, -0.05) is 29.9 Å². The lowest BCUT2D eigenvalue weighted by Gasteiger charge is -2.27. The van der Waals surface area contributed by atoms with E-state index in [0.717, 1.165) is 57.7 Å². The fourth-order valence-corrected chi connectivity index (χ4v) is 2.79. The second kappa shape index (κ2) is 9.24. The smallest absolute Gasteiger partial charge is 0.252 e. The van der Waals surface area contributed by atoms with Gasteiger partial charge in [0, 0.05) is 31.8 Å². The summed E-state index contributed by atoms with van der Waals surface area (Å²) in [7, 11) is 0. The summed E-state index contributed by atoms with van der Waals surface area (Å²) in [5, 5.41) is 2.67. The van der Waals surface area contributed by atoms with E-state index in [1.807, 2.05) is 6.08 Å². The van der Waals surface area contributed by atoms with Gasteiger partial charge in [-0.05, 0) is 19.3 Å². The van der Waals surface area contributed by atoms with Crippen LogP contribution in [0, 0.1) is 0 Å². The summed E-state index contributed by atoms with van der Waals surface area (Å²) in [5.74, 6) is -0.164. The molecule has 1 fully saturated rings. The Morgan fingerprint density at radius 1 is 1.35 bits per heavy atom. The van der Waals surface area contributed by atoms with Gasteiger partial charge in [-0.3, -0.25) is 9.69 Å². The molecule has 7 heteroatoms. The summed E-state index contributed by atoms with van der Waals surface area (Å²) in [6, 6.07) is -0.474. The van der Waals surface area contributed by atoms with Gasteiger partial charge >= 0.3 is 0 Å². The first-order valence-corrected chi connectivity index (χ1v) is 8.50. The Balaban J connectivity index is 1.79. The van der Waals surface area contributed by atoms with Crippen molar-refractivity contribution in [1.82, 2.24) is 10.2 Å². The monoisotopic (exact) mass is 338 g/mol. The van der Waals surface area contributed by atoms with E-state index in [2.05, 4.69) is 16.3 Å². The predicted molar refractivity (Wildman–Crippen MR) is 95.0 cm³/mol. The van der Waals surface area contributed by atoms with Gasteiger partial charge in [0.2, 0.25) is 0 Å². The van der Waals surface area contributed by atoms with Crippen LogP contribution in [-0.4, -0.2) is 61.2 Å². The Kier molecular flexibility index (Phi) is 7.32. The molecule has 0 radical (unpaired) electrons. The first kappa shape index (κ1) is 18.2. The lowest BCUT2D eigenvalue weighted by atomic mass is 9.95. The maximum atomic E-state index is 12.1. The van der Waals surface area contributed by atoms with Crippen molar-refractivity contribution in [3.05, 3.63) is 23.3 Å². The third-order valence-corrected chi connectivity index (χ3v) is 4.61. The summed E-state index contributed by atoms with van der Waals surface area (Å²) < 4.78 is 5.35. The van der Waals surface area contributed by atoms with Crippen molar-refractivity contribution in [2.75, 3.05) is 39.4 Å². The quantitative estimate of drug-likeness (QED) is 0.594. The lowest BCUT2D eigenvalue weighted by Crippen LogP contribution is -2.46. The van der Waals surface area contributed by atoms with Crippen molar-refractivity contribution in [1.29, 1.82) is 0 Å². The predicted octanol–water partition coefficient (Wildman–Crippen LogP) is 0.0849. The topological polar surface area (TPSA) is 93.6 Å². The van der Waals surface area contributed by atoms with Gasteiger partial charge in [-0.25, -0.2) is 0 Å². The Morgan fingerprint density at radius 3 is 2.70 bits per heavy atom. The number of amides is 1. The van der Waals surface area contributed by atoms with Gasteiger partial charge < -0.3 is 21.5 Å². The van der Waals surface area contributed by atoms with Crippen LogP contribution in [0.15, 0.2) is 23.3 Å². The summed E-state index contributed by atoms with van der Waals surface area (Å²) in [4.78, 5) is 14.9. The molecule has 0 aromatic heterocycles. The largest absolute Gasteiger partial charge is 0.379 e. The number of rotatable bonds is 6. The van der Waals surface area contributed by atoms with Crippen molar-refractivity contribution >= 4 is 23.1 Å². The van der Waals surface area contributed by atoms with Crippen LogP contribution in [0.2, 0.25) is 0 Å². The van der Waals surface area contributed by atoms with Crippen molar-refractivity contribution < 1.29 is 9.53 Å². The average molecular weight is 338 g/mol. The second-order valence-electron chi connectivity index (χ2n) is 5.88. The molecule has 1 amide bonds. The maximum absolute atomic E-state index is 12.1. The summed E-state index contributed by atoms with van der Waals surface area (Å²) >= 11 is 5.06. The molecule has 0 saturated carbocycles. The molecule has 23 heavy (non-hydrogen) atoms. The van der Waals surface area contributed by atoms with Crippen molar-refractivity contribution in [2.24, 2.45) is 11.5 Å². The van der Waals surface area contributed by atoms with Crippen LogP contribution in [0.3, 0.4) is 0 Å². The standard InChI is InChI=1S/C16H26N4O2S/c17-11-14(18)16(23)19-15(21)13-3-1-12(2-4-13)5-6-20-7-9-22-10-8-20/h1,3,14H,2,4-11,17-18H2,(H,19,21,23). The number of ether oxygens (including phenoxy) is 1. The number of allylic oxidation sites excluding steroid dienone is 2. The van der Waals surface area contributed by atoms with Gasteiger partial charge in [-0.2, -0.15) is 0 Å². The number of carbonyl (C=O) groups excluding carboxylic acids is 1. The summed E-state index contributed by atoms with van der Waals surface area (Å²) in [6.45, 7) is 4.96. The van der Waals surface area contributed by atoms with Gasteiger partial charge in [0.15, 0.2) is 0 Å². The molecular weight excluding hydrogens is 312 g/mol. The fraction of sp³-hybridized carbons (Fsp3) is 0.625. The molecule has 0 bridgehead atoms. The molecule has 5 N–H and O–H groups in total. The van der Waals surface area contributed by atoms with Crippen LogP contribution in [0.5, 0.6) is 0 Å². The minimum Gasteiger partial charge on any atom is -0.379 e. The molecule has 1 saturated heterocycles. The van der Waals surface area contributed by atoms with Crippen LogP contribution in [0.25, 0.3) is 0 Å². The van der Waals surface area contributed by atoms with Gasteiger partial charge in [-0.15, -0.1) is 0 Å². The van der Waals surface area contributed by atoms with Crippen molar-refractivity contribution in [3.8, 4) is 0 Å². The van der Waals surface area contributed by atoms with Crippen LogP contribution in [0.1, 0.15) is 19.3 Å². The zero-order valence-corrected chi connectivity index (χ0v) is 14.2. The first-order chi connectivity index (χ1) is 11.1. The highest BCUT2D eigenvalue weighted by Gasteiger charge is 2.17. The Morgan fingerprint density at radius 2 is 2.09 bits per heavy atom. The number of carbonyl (C=O) groups is 1. The Labute approximate surface area is 142 Å². The summed E-state index contributed by atoms with van der Waals surface area (Å²) in [6.07, 6.45) is 6.65. The molecule has 1 aliphatic heterocycles. The van der Waals surface area contributed by atoms with Crippen LogP contribution in [-0.2, 0) is 9.53 Å². The van der Waals surface area contributed by atoms with E-state index in [9.17, 15) is 4.79 Å². The highest BCUT2D eigenvalue weighted by molar-refractivity contribution is 7.80. The third-order valence-electron chi connectivity index (χ3n) is 4.21. The van der Waals surface area contributed by atoms with E-state index < -0.39 is 6.04 Å². The van der Waals surface area contributed by atoms with Crippen molar-refractivity contribution in [2.45, 2.75) is 25.3 Å². The van der Waals surface area contributed by atoms with E-state index in [1.165, 1.54) is 5.57 Å². The SMILES string of the molecule is NCC(N)C(=S)NC(=O)C1=CC=C(CCN2CCOCC2)CC1. The molecule has 0 spiro atoms. The normalized spacial score (nSPS) is 20.4. The molecule has 1 atom stereocenters. The van der Waals surface area contributed by atoms with Crippen LogP contribution < -0.4 is 16.8 Å². The molecule has 1 unspecified atom stereocenters. The fourth-order valence-electron chi connectivity index (χ4n) is 2.60. The number of hydrogen-bond donors (Lipinski definition) is 3. The van der Waals surface area contributed by atoms with E-state index in [-0.39, 0.29) is 12.5 Å². The molecule has 128 valence electrons. The number of nitrogens with two attached hydrogens (primary N) is 2. The zero-order chi connectivity index (χ0) is 16.7. The molecule has 0 aromatic rings. The minimum absolute atomic E-state index is 0.164. The van der Waals surface area contributed by atoms with Gasteiger partial charge in [0.05, 0.1) is 19.3 Å². The minimum atomic E-state index is -0.474. The molecule has 2 rings (SSSR count). The number of thiocarbonyl (C=S) groups is 1. The Bertz CT molecular complexity index is 498. The molecule has 0 aromatic carbocycles. The Hall–Kier alpha value is -1.12. The lowest BCUT2D eigenvalue weighted by molar-refractivity contribution is -0.116. The third kappa shape index (κ3) is 5.78. The van der Waals surface area contributed by atoms with Gasteiger partial charge in [0.1, 0.15) is 4.99 Å². The van der Waals surface area contributed by atoms with Crippen LogP contribution in [0.4, 0.5) is 0 Å². The highest BCUT2D eigenvalue weighted by Crippen LogP contribution is 2.21. The van der Waals surface area contributed by atoms with E-state index in [0.29, 0.717) is 4.99 Å². The number of nitrogens with one attached hydrogen (secondary N) is 1. The molecule has 1 heterocycles. The molecule has 1 aliphatic carbocycles. The molecule has 6 nitrogen and oxygen atoms in total. The highest BCUT2D eigenvalue weighted by atomic mass is 32.1. The maximum Gasteiger partial charge on any atom is 0.252 e. The van der Waals surface area contributed by atoms with Crippen molar-refractivity contribution in [3.63, 3.8) is 0 Å². The number of morpholine rings is 1. The number of nitrogens with zero attached hydrogens (tertiary/aromatic N) is 1. The molecule has 2 aliphatic rings. The molecular formula is C16H26N4O2S. The van der Waals surface area contributed by atoms with E-state index in [4.69, 9.17) is 28.4 Å². The van der Waals surface area contributed by atoms with E-state index in [1.54, 1.807) is 0 Å². The second-order valence-corrected chi connectivity index (χ2v) is 6.32. The van der Waals surface area contributed by atoms with Crippen LogP contribution >= 0.6 is 12.2 Å². The summed E-state index contributed by atoms with van der Waals surface area (Å²) in [5.41, 5.74) is 13.3. The van der Waals surface area contributed by atoms with E-state index >= 15 is 0 Å². The zero-order valence-electron chi connectivity index (χ0n) is 13.4. The first-order valence-electron chi connectivity index (χ1n) is 8.09. The average Bonchev–Trinajstić information content (AvgIpc) is 2.60. The number of hydrogen-bond acceptors (Lipinski definition) is 6. The van der Waals surface area contributed by atoms with Gasteiger partial charge in [0.25, 0.3) is 5.91 Å².